The van der Waals surface area contributed by atoms with Crippen molar-refractivity contribution in [2.45, 2.75) is 44.9 Å². The third-order valence-corrected chi connectivity index (χ3v) is 4.89. The fraction of sp³-hybridized carbons (Fsp3) is 0.600. The van der Waals surface area contributed by atoms with E-state index >= 15 is 0 Å². The van der Waals surface area contributed by atoms with Gasteiger partial charge in [-0.3, -0.25) is 9.59 Å². The standard InChI is InChI=1S/C20H30N2O4/c1-25-16-9-6-10-17(26-2)19(16)20(24)22-14-13-21-18(23)12-11-15-7-4-3-5-8-15/h6,9-10,15H,3-5,7-8,11-14H2,1-2H3,(H,21,23)(H,22,24). The predicted octanol–water partition coefficient (Wildman–Crippen LogP) is 2.91. The van der Waals surface area contributed by atoms with Gasteiger partial charge in [-0.25, -0.2) is 0 Å². The van der Waals surface area contributed by atoms with Gasteiger partial charge in [0.05, 0.1) is 14.2 Å². The number of benzene rings is 1. The Morgan fingerprint density at radius 2 is 1.62 bits per heavy atom. The third kappa shape index (κ3) is 5.93. The van der Waals surface area contributed by atoms with Crippen LogP contribution in [-0.2, 0) is 4.79 Å². The topological polar surface area (TPSA) is 76.7 Å². The van der Waals surface area contributed by atoms with Crippen molar-refractivity contribution >= 4 is 11.8 Å². The van der Waals surface area contributed by atoms with Crippen molar-refractivity contribution in [3.8, 4) is 11.5 Å². The minimum Gasteiger partial charge on any atom is -0.496 e. The molecule has 6 heteroatoms. The number of methoxy groups -OCH3 is 2. The number of nitrogens with one attached hydrogen (secondary N) is 2. The van der Waals surface area contributed by atoms with Crippen LogP contribution in [-0.4, -0.2) is 39.1 Å². The molecule has 1 aromatic rings. The molecule has 1 fully saturated rings. The smallest absolute Gasteiger partial charge is 0.258 e. The van der Waals surface area contributed by atoms with Gasteiger partial charge in [-0.1, -0.05) is 38.2 Å². The Hall–Kier alpha value is -2.24. The average molecular weight is 362 g/mol. The molecule has 2 N–H and O–H groups in total. The Morgan fingerprint density at radius 3 is 2.23 bits per heavy atom. The van der Waals surface area contributed by atoms with E-state index in [2.05, 4.69) is 10.6 Å². The summed E-state index contributed by atoms with van der Waals surface area (Å²) in [5, 5.41) is 5.67. The number of hydrogen-bond acceptors (Lipinski definition) is 4. The van der Waals surface area contributed by atoms with E-state index in [9.17, 15) is 9.59 Å². The van der Waals surface area contributed by atoms with Gasteiger partial charge < -0.3 is 20.1 Å². The van der Waals surface area contributed by atoms with E-state index < -0.39 is 0 Å². The van der Waals surface area contributed by atoms with E-state index in [0.29, 0.717) is 42.5 Å². The van der Waals surface area contributed by atoms with Crippen molar-refractivity contribution < 1.29 is 19.1 Å². The maximum atomic E-state index is 12.4. The fourth-order valence-corrected chi connectivity index (χ4v) is 3.44. The van der Waals surface area contributed by atoms with Gasteiger partial charge in [0.2, 0.25) is 5.91 Å². The molecule has 0 atom stereocenters. The lowest BCUT2D eigenvalue weighted by Gasteiger charge is -2.21. The lowest BCUT2D eigenvalue weighted by Crippen LogP contribution is -2.35. The summed E-state index contributed by atoms with van der Waals surface area (Å²) < 4.78 is 10.5. The average Bonchev–Trinajstić information content (AvgIpc) is 2.69. The highest BCUT2D eigenvalue weighted by Crippen LogP contribution is 2.28. The molecule has 26 heavy (non-hydrogen) atoms. The molecule has 1 saturated carbocycles. The van der Waals surface area contributed by atoms with Crippen LogP contribution >= 0.6 is 0 Å². The van der Waals surface area contributed by atoms with Crippen molar-refractivity contribution in [1.82, 2.24) is 10.6 Å². The van der Waals surface area contributed by atoms with E-state index in [0.717, 1.165) is 6.42 Å². The molecule has 0 bridgehead atoms. The molecule has 6 nitrogen and oxygen atoms in total. The highest BCUT2D eigenvalue weighted by atomic mass is 16.5. The fourth-order valence-electron chi connectivity index (χ4n) is 3.44. The molecule has 0 spiro atoms. The van der Waals surface area contributed by atoms with Gasteiger partial charge in [0.15, 0.2) is 0 Å². The molecule has 0 heterocycles. The third-order valence-electron chi connectivity index (χ3n) is 4.89. The maximum Gasteiger partial charge on any atom is 0.258 e. The maximum absolute atomic E-state index is 12.4. The molecule has 0 saturated heterocycles. The molecular formula is C20H30N2O4. The van der Waals surface area contributed by atoms with Gasteiger partial charge in [-0.05, 0) is 24.5 Å². The van der Waals surface area contributed by atoms with Crippen LogP contribution in [0, 0.1) is 5.92 Å². The molecule has 144 valence electrons. The summed E-state index contributed by atoms with van der Waals surface area (Å²) in [5.74, 6) is 1.39. The Balaban J connectivity index is 1.70. The van der Waals surface area contributed by atoms with Gasteiger partial charge in [-0.15, -0.1) is 0 Å². The first-order valence-electron chi connectivity index (χ1n) is 9.41. The Kier molecular flexibility index (Phi) is 8.25. The van der Waals surface area contributed by atoms with Crippen LogP contribution in [0.15, 0.2) is 18.2 Å². The van der Waals surface area contributed by atoms with Crippen LogP contribution in [0.4, 0.5) is 0 Å². The summed E-state index contributed by atoms with van der Waals surface area (Å²) in [6, 6.07) is 5.19. The monoisotopic (exact) mass is 362 g/mol. The summed E-state index contributed by atoms with van der Waals surface area (Å²) in [6.45, 7) is 0.766. The van der Waals surface area contributed by atoms with Crippen molar-refractivity contribution in [2.24, 2.45) is 5.92 Å². The number of ether oxygens (including phenoxy) is 2. The van der Waals surface area contributed by atoms with Crippen LogP contribution < -0.4 is 20.1 Å². The lowest BCUT2D eigenvalue weighted by atomic mass is 9.86. The molecule has 0 aliphatic heterocycles. The summed E-state index contributed by atoms with van der Waals surface area (Å²) in [5.41, 5.74) is 0.362. The van der Waals surface area contributed by atoms with Crippen LogP contribution in [0.2, 0.25) is 0 Å². The first-order valence-corrected chi connectivity index (χ1v) is 9.41. The van der Waals surface area contributed by atoms with Gasteiger partial charge in [0, 0.05) is 19.5 Å². The Labute approximate surface area is 155 Å². The van der Waals surface area contributed by atoms with Crippen LogP contribution in [0.25, 0.3) is 0 Å². The SMILES string of the molecule is COc1cccc(OC)c1C(=O)NCCNC(=O)CCC1CCCCC1. The molecule has 1 aliphatic rings. The number of rotatable bonds is 9. The van der Waals surface area contributed by atoms with Gasteiger partial charge in [-0.2, -0.15) is 0 Å². The normalized spacial score (nSPS) is 14.5. The number of carbonyl (C=O) groups excluding carboxylic acids is 2. The first-order chi connectivity index (χ1) is 12.7. The summed E-state index contributed by atoms with van der Waals surface area (Å²) in [4.78, 5) is 24.3. The van der Waals surface area contributed by atoms with E-state index in [1.807, 2.05) is 0 Å². The zero-order valence-electron chi connectivity index (χ0n) is 15.8. The molecule has 2 amide bonds. The van der Waals surface area contributed by atoms with E-state index in [1.165, 1.54) is 46.3 Å². The minimum absolute atomic E-state index is 0.0553. The summed E-state index contributed by atoms with van der Waals surface area (Å²) >= 11 is 0. The van der Waals surface area contributed by atoms with E-state index in [4.69, 9.17) is 9.47 Å². The van der Waals surface area contributed by atoms with Gasteiger partial charge in [0.25, 0.3) is 5.91 Å². The predicted molar refractivity (Wildman–Crippen MR) is 101 cm³/mol. The minimum atomic E-state index is -0.282. The van der Waals surface area contributed by atoms with Crippen LogP contribution in [0.1, 0.15) is 55.3 Å². The highest BCUT2D eigenvalue weighted by molar-refractivity contribution is 5.99. The van der Waals surface area contributed by atoms with Crippen molar-refractivity contribution in [3.63, 3.8) is 0 Å². The molecule has 0 aromatic heterocycles. The quantitative estimate of drug-likeness (QED) is 0.662. The molecular weight excluding hydrogens is 332 g/mol. The Morgan fingerprint density at radius 1 is 1.00 bits per heavy atom. The van der Waals surface area contributed by atoms with Crippen molar-refractivity contribution in [2.75, 3.05) is 27.3 Å². The van der Waals surface area contributed by atoms with Crippen LogP contribution in [0.5, 0.6) is 11.5 Å². The Bertz CT molecular complexity index is 575. The molecule has 0 radical (unpaired) electrons. The van der Waals surface area contributed by atoms with Crippen molar-refractivity contribution in [3.05, 3.63) is 23.8 Å². The second-order valence-electron chi connectivity index (χ2n) is 6.69. The van der Waals surface area contributed by atoms with Crippen molar-refractivity contribution in [1.29, 1.82) is 0 Å². The zero-order valence-corrected chi connectivity index (χ0v) is 15.8. The zero-order chi connectivity index (χ0) is 18.8. The molecule has 1 aromatic carbocycles. The molecule has 1 aliphatic carbocycles. The second kappa shape index (κ2) is 10.7. The number of hydrogen-bond donors (Lipinski definition) is 2. The molecule has 2 rings (SSSR count). The first kappa shape index (κ1) is 20.1. The summed E-state index contributed by atoms with van der Waals surface area (Å²) in [6.07, 6.45) is 7.97. The summed E-state index contributed by atoms with van der Waals surface area (Å²) in [7, 11) is 3.02. The van der Waals surface area contributed by atoms with Crippen LogP contribution in [0.3, 0.4) is 0 Å². The van der Waals surface area contributed by atoms with E-state index in [-0.39, 0.29) is 11.8 Å². The second-order valence-corrected chi connectivity index (χ2v) is 6.69. The van der Waals surface area contributed by atoms with E-state index in [1.54, 1.807) is 18.2 Å². The molecule has 0 unspecified atom stereocenters. The van der Waals surface area contributed by atoms with Gasteiger partial charge >= 0.3 is 0 Å². The highest BCUT2D eigenvalue weighted by Gasteiger charge is 2.18. The lowest BCUT2D eigenvalue weighted by molar-refractivity contribution is -0.121. The largest absolute Gasteiger partial charge is 0.496 e. The number of carbonyl (C=O) groups is 2. The van der Waals surface area contributed by atoms with Gasteiger partial charge in [0.1, 0.15) is 17.1 Å². The number of amides is 2.